The van der Waals surface area contributed by atoms with Gasteiger partial charge in [-0.3, -0.25) is 9.59 Å². The maximum Gasteiger partial charge on any atom is 0.342 e. The van der Waals surface area contributed by atoms with Gasteiger partial charge in [0, 0.05) is 24.7 Å². The molecule has 1 aliphatic heterocycles. The molecule has 9 heteroatoms. The highest BCUT2D eigenvalue weighted by molar-refractivity contribution is 5.98. The van der Waals surface area contributed by atoms with Gasteiger partial charge >= 0.3 is 5.97 Å². The Morgan fingerprint density at radius 3 is 2.58 bits per heavy atom. The number of hydrogen-bond acceptors (Lipinski definition) is 8. The summed E-state index contributed by atoms with van der Waals surface area (Å²) in [6.07, 6.45) is 1.94. The number of carbonyl (C=O) groups is 3. The smallest absolute Gasteiger partial charge is 0.342 e. The van der Waals surface area contributed by atoms with Gasteiger partial charge in [0.2, 0.25) is 5.91 Å². The second kappa shape index (κ2) is 10.7. The average Bonchev–Trinajstić information content (AvgIpc) is 2.73. The van der Waals surface area contributed by atoms with Crippen LogP contribution < -0.4 is 10.6 Å². The van der Waals surface area contributed by atoms with E-state index in [-0.39, 0.29) is 41.7 Å². The Labute approximate surface area is 180 Å². The first-order chi connectivity index (χ1) is 14.6. The van der Waals surface area contributed by atoms with Crippen LogP contribution in [0.15, 0.2) is 30.4 Å². The molecule has 168 valence electrons. The van der Waals surface area contributed by atoms with Gasteiger partial charge < -0.3 is 30.7 Å². The highest BCUT2D eigenvalue weighted by atomic mass is 16.5. The number of hydrogen-bond donors (Lipinski definition) is 5. The zero-order valence-electron chi connectivity index (χ0n) is 17.7. The fraction of sp³-hybridized carbons (Fsp3) is 0.409. The molecule has 0 spiro atoms. The summed E-state index contributed by atoms with van der Waals surface area (Å²) in [5.41, 5.74) is 0.594. The van der Waals surface area contributed by atoms with Gasteiger partial charge in [-0.25, -0.2) is 4.79 Å². The molecule has 4 atom stereocenters. The van der Waals surface area contributed by atoms with Crippen molar-refractivity contribution >= 4 is 29.4 Å². The van der Waals surface area contributed by atoms with Crippen molar-refractivity contribution in [1.82, 2.24) is 5.32 Å². The lowest BCUT2D eigenvalue weighted by molar-refractivity contribution is -0.127. The summed E-state index contributed by atoms with van der Waals surface area (Å²) < 4.78 is 5.46. The van der Waals surface area contributed by atoms with E-state index in [4.69, 9.17) is 4.74 Å². The molecule has 1 amide bonds. The zero-order valence-corrected chi connectivity index (χ0v) is 17.7. The van der Waals surface area contributed by atoms with Gasteiger partial charge in [-0.1, -0.05) is 25.2 Å². The molecule has 0 aliphatic carbocycles. The van der Waals surface area contributed by atoms with Crippen LogP contribution in [0, 0.1) is 5.92 Å². The Kier molecular flexibility index (Phi) is 8.35. The monoisotopic (exact) mass is 432 g/mol. The Morgan fingerprint density at radius 1 is 1.19 bits per heavy atom. The second-order valence-corrected chi connectivity index (χ2v) is 7.37. The lowest BCUT2D eigenvalue weighted by Crippen LogP contribution is -2.32. The molecule has 0 aromatic heterocycles. The Morgan fingerprint density at radius 2 is 1.90 bits per heavy atom. The van der Waals surface area contributed by atoms with E-state index in [0.717, 1.165) is 6.08 Å². The number of aliphatic hydroxyl groups is 2. The van der Waals surface area contributed by atoms with Gasteiger partial charge in [-0.15, -0.1) is 0 Å². The molecular formula is C22H28N2O7. The molecule has 0 saturated heterocycles. The molecule has 0 radical (unpaired) electrons. The lowest BCUT2D eigenvalue weighted by atomic mass is 9.99. The van der Waals surface area contributed by atoms with Crippen LogP contribution in [0.5, 0.6) is 5.75 Å². The Balaban J connectivity index is 2.45. The SMILES string of the molecule is CNC(=O)CNc1cc(O)c2c(c1)/C=C/C[C@H](O)[C@@H](O)C(=O)/C=C/[C@@H](C)[C@H](C)OC2=O. The van der Waals surface area contributed by atoms with Gasteiger partial charge in [0.25, 0.3) is 0 Å². The van der Waals surface area contributed by atoms with Crippen molar-refractivity contribution in [3.05, 3.63) is 41.5 Å². The molecule has 1 aromatic rings. The first kappa shape index (κ1) is 24.1. The third-order valence-electron chi connectivity index (χ3n) is 5.01. The second-order valence-electron chi connectivity index (χ2n) is 7.37. The van der Waals surface area contributed by atoms with E-state index < -0.39 is 30.1 Å². The van der Waals surface area contributed by atoms with Crippen molar-refractivity contribution in [2.75, 3.05) is 18.9 Å². The molecule has 0 bridgehead atoms. The average molecular weight is 432 g/mol. The minimum atomic E-state index is -1.60. The predicted molar refractivity (Wildman–Crippen MR) is 115 cm³/mol. The number of anilines is 1. The fourth-order valence-electron chi connectivity index (χ4n) is 2.87. The molecule has 1 aliphatic rings. The van der Waals surface area contributed by atoms with Crippen molar-refractivity contribution in [1.29, 1.82) is 0 Å². The van der Waals surface area contributed by atoms with Crippen LogP contribution in [-0.2, 0) is 14.3 Å². The number of aliphatic hydroxyl groups excluding tert-OH is 2. The number of carbonyl (C=O) groups excluding carboxylic acids is 3. The van der Waals surface area contributed by atoms with E-state index in [0.29, 0.717) is 5.69 Å². The largest absolute Gasteiger partial charge is 0.507 e. The van der Waals surface area contributed by atoms with E-state index in [1.54, 1.807) is 19.9 Å². The molecule has 5 N–H and O–H groups in total. The molecular weight excluding hydrogens is 404 g/mol. The number of nitrogens with one attached hydrogen (secondary N) is 2. The lowest BCUT2D eigenvalue weighted by Gasteiger charge is -2.20. The maximum atomic E-state index is 12.8. The summed E-state index contributed by atoms with van der Waals surface area (Å²) in [5.74, 6) is -2.39. The predicted octanol–water partition coefficient (Wildman–Crippen LogP) is 0.995. The number of ether oxygens (including phenoxy) is 1. The Bertz CT molecular complexity index is 894. The number of rotatable bonds is 3. The van der Waals surface area contributed by atoms with Gasteiger partial charge in [0.15, 0.2) is 5.78 Å². The topological polar surface area (TPSA) is 145 Å². The normalized spacial score (nSPS) is 26.7. The number of benzene rings is 1. The van der Waals surface area contributed by atoms with Crippen LogP contribution in [-0.4, -0.2) is 64.9 Å². The molecule has 2 rings (SSSR count). The van der Waals surface area contributed by atoms with Crippen LogP contribution in [0.1, 0.15) is 36.2 Å². The van der Waals surface area contributed by atoms with Gasteiger partial charge in [-0.05, 0) is 31.1 Å². The van der Waals surface area contributed by atoms with E-state index in [2.05, 4.69) is 10.6 Å². The summed E-state index contributed by atoms with van der Waals surface area (Å²) in [6.45, 7) is 3.32. The minimum absolute atomic E-state index is 0.0449. The number of cyclic esters (lactones) is 1. The third kappa shape index (κ3) is 6.40. The summed E-state index contributed by atoms with van der Waals surface area (Å²) in [6, 6.07) is 2.86. The maximum absolute atomic E-state index is 12.8. The van der Waals surface area contributed by atoms with Crippen molar-refractivity contribution in [2.24, 2.45) is 5.92 Å². The van der Waals surface area contributed by atoms with Gasteiger partial charge in [0.05, 0.1) is 12.6 Å². The first-order valence-corrected chi connectivity index (χ1v) is 9.91. The molecule has 9 nitrogen and oxygen atoms in total. The molecule has 0 fully saturated rings. The minimum Gasteiger partial charge on any atom is -0.507 e. The number of phenolic OH excluding ortho intramolecular Hbond substituents is 1. The summed E-state index contributed by atoms with van der Waals surface area (Å²) in [7, 11) is 1.49. The molecule has 31 heavy (non-hydrogen) atoms. The number of fused-ring (bicyclic) bond motifs is 1. The number of likely N-dealkylation sites (N-methyl/N-ethyl adjacent to an activating group) is 1. The number of aromatic hydroxyl groups is 1. The number of phenols is 1. The van der Waals surface area contributed by atoms with Crippen LogP contribution >= 0.6 is 0 Å². The van der Waals surface area contributed by atoms with Crippen LogP contribution in [0.3, 0.4) is 0 Å². The highest BCUT2D eigenvalue weighted by Gasteiger charge is 2.25. The molecule has 1 aromatic carbocycles. The number of ketones is 1. The summed E-state index contributed by atoms with van der Waals surface area (Å²) in [4.78, 5) is 36.3. The number of esters is 1. The molecule has 0 unspecified atom stereocenters. The third-order valence-corrected chi connectivity index (χ3v) is 5.01. The van der Waals surface area contributed by atoms with Gasteiger partial charge in [0.1, 0.15) is 23.5 Å². The zero-order chi connectivity index (χ0) is 23.1. The quantitative estimate of drug-likeness (QED) is 0.445. The van der Waals surface area contributed by atoms with Gasteiger partial charge in [-0.2, -0.15) is 0 Å². The van der Waals surface area contributed by atoms with E-state index in [1.807, 2.05) is 0 Å². The summed E-state index contributed by atoms with van der Waals surface area (Å²) >= 11 is 0. The van der Waals surface area contributed by atoms with E-state index in [9.17, 15) is 29.7 Å². The molecule has 0 saturated carbocycles. The first-order valence-electron chi connectivity index (χ1n) is 9.91. The molecule has 1 heterocycles. The van der Waals surface area contributed by atoms with Crippen molar-refractivity contribution in [3.63, 3.8) is 0 Å². The Hall–Kier alpha value is -3.17. The van der Waals surface area contributed by atoms with E-state index in [1.165, 1.54) is 31.3 Å². The van der Waals surface area contributed by atoms with Crippen LogP contribution in [0.25, 0.3) is 6.08 Å². The summed E-state index contributed by atoms with van der Waals surface area (Å²) in [5, 5.41) is 35.9. The van der Waals surface area contributed by atoms with Crippen LogP contribution in [0.2, 0.25) is 0 Å². The number of amides is 1. The standard InChI is InChI=1S/C22H28N2O7/c1-12-7-8-17(26)21(29)16(25)6-4-5-14-9-15(24-11-19(28)23-3)10-18(27)20(14)22(30)31-13(12)2/h4-5,7-10,12-13,16,21,24-25,27,29H,6,11H2,1-3H3,(H,23,28)/b5-4+,8-7+/t12-,13+,16+,21-/m1/s1. The van der Waals surface area contributed by atoms with Crippen molar-refractivity contribution in [2.45, 2.75) is 38.6 Å². The fourth-order valence-corrected chi connectivity index (χ4v) is 2.87. The highest BCUT2D eigenvalue weighted by Crippen LogP contribution is 2.29. The van der Waals surface area contributed by atoms with Crippen LogP contribution in [0.4, 0.5) is 5.69 Å². The van der Waals surface area contributed by atoms with E-state index >= 15 is 0 Å². The van der Waals surface area contributed by atoms with Crippen molar-refractivity contribution < 1.29 is 34.4 Å². The van der Waals surface area contributed by atoms with Crippen molar-refractivity contribution in [3.8, 4) is 5.75 Å².